The fraction of sp³-hybridized carbons (Fsp3) is 0.286. The van der Waals surface area contributed by atoms with Gasteiger partial charge in [-0.25, -0.2) is 4.39 Å². The van der Waals surface area contributed by atoms with Crippen molar-refractivity contribution in [3.63, 3.8) is 0 Å². The van der Waals surface area contributed by atoms with Gasteiger partial charge in [0.15, 0.2) is 0 Å². The SMILES string of the molecule is CC(C)C[C@H](NC(c1ccccc1)c1ccc(Cc2ccc(F)cc2)cc1)C(=O)NCC#N. The van der Waals surface area contributed by atoms with Crippen LogP contribution in [0.2, 0.25) is 0 Å². The maximum absolute atomic E-state index is 13.2. The number of nitrogens with zero attached hydrogens (tertiary/aromatic N) is 1. The molecule has 4 nitrogen and oxygen atoms in total. The molecule has 0 aliphatic heterocycles. The number of rotatable bonds is 10. The number of hydrogen-bond donors (Lipinski definition) is 2. The molecule has 0 saturated heterocycles. The van der Waals surface area contributed by atoms with Crippen LogP contribution in [-0.4, -0.2) is 18.5 Å². The number of amides is 1. The van der Waals surface area contributed by atoms with Crippen LogP contribution in [0.1, 0.15) is 48.6 Å². The maximum Gasteiger partial charge on any atom is 0.237 e. The van der Waals surface area contributed by atoms with Crippen molar-refractivity contribution >= 4 is 5.91 Å². The standard InChI is InChI=1S/C28H30FN3O/c1-20(2)18-26(28(33)31-17-16-30)32-27(23-6-4-3-5-7-23)24-12-8-21(9-13-24)19-22-10-14-25(29)15-11-22/h3-15,20,26-27,32H,17-19H2,1-2H3,(H,31,33)/t26-,27?/m0/s1. The summed E-state index contributed by atoms with van der Waals surface area (Å²) in [6.07, 6.45) is 1.37. The molecule has 0 saturated carbocycles. The Balaban J connectivity index is 1.84. The Morgan fingerprint density at radius 3 is 2.06 bits per heavy atom. The van der Waals surface area contributed by atoms with Crippen molar-refractivity contribution in [1.29, 1.82) is 5.26 Å². The zero-order valence-electron chi connectivity index (χ0n) is 19.1. The van der Waals surface area contributed by atoms with Crippen LogP contribution < -0.4 is 10.6 Å². The van der Waals surface area contributed by atoms with E-state index in [1.54, 1.807) is 12.1 Å². The number of carbonyl (C=O) groups excluding carboxylic acids is 1. The molecule has 170 valence electrons. The second-order valence-electron chi connectivity index (χ2n) is 8.61. The Bertz CT molecular complexity index is 1060. The Hall–Kier alpha value is -3.49. The van der Waals surface area contributed by atoms with E-state index >= 15 is 0 Å². The monoisotopic (exact) mass is 443 g/mol. The van der Waals surface area contributed by atoms with Crippen LogP contribution in [0, 0.1) is 23.1 Å². The lowest BCUT2D eigenvalue weighted by molar-refractivity contribution is -0.123. The summed E-state index contributed by atoms with van der Waals surface area (Å²) in [7, 11) is 0. The largest absolute Gasteiger partial charge is 0.342 e. The summed E-state index contributed by atoms with van der Waals surface area (Å²) < 4.78 is 13.2. The molecule has 0 heterocycles. The Morgan fingerprint density at radius 2 is 1.48 bits per heavy atom. The van der Waals surface area contributed by atoms with E-state index in [1.807, 2.05) is 36.4 Å². The summed E-state index contributed by atoms with van der Waals surface area (Å²) in [4.78, 5) is 12.8. The quantitative estimate of drug-likeness (QED) is 0.426. The van der Waals surface area contributed by atoms with Crippen LogP contribution in [-0.2, 0) is 11.2 Å². The lowest BCUT2D eigenvalue weighted by Gasteiger charge is -2.27. The lowest BCUT2D eigenvalue weighted by Crippen LogP contribution is -2.46. The molecule has 0 aliphatic carbocycles. The molecule has 0 aliphatic rings. The topological polar surface area (TPSA) is 64.9 Å². The highest BCUT2D eigenvalue weighted by molar-refractivity contribution is 5.82. The highest BCUT2D eigenvalue weighted by Crippen LogP contribution is 2.25. The van der Waals surface area contributed by atoms with Gasteiger partial charge in [0, 0.05) is 0 Å². The first-order chi connectivity index (χ1) is 16.0. The minimum Gasteiger partial charge on any atom is -0.342 e. The van der Waals surface area contributed by atoms with E-state index in [2.05, 4.69) is 48.7 Å². The molecule has 0 aromatic heterocycles. The molecular formula is C28H30FN3O. The molecule has 0 bridgehead atoms. The van der Waals surface area contributed by atoms with Gasteiger partial charge in [0.1, 0.15) is 12.4 Å². The van der Waals surface area contributed by atoms with Crippen LogP contribution in [0.4, 0.5) is 4.39 Å². The zero-order chi connectivity index (χ0) is 23.6. The number of nitrogens with one attached hydrogen (secondary N) is 2. The fourth-order valence-electron chi connectivity index (χ4n) is 3.87. The average molecular weight is 444 g/mol. The van der Waals surface area contributed by atoms with Crippen LogP contribution in [0.3, 0.4) is 0 Å². The molecule has 2 atom stereocenters. The van der Waals surface area contributed by atoms with Crippen LogP contribution in [0.25, 0.3) is 0 Å². The molecule has 0 radical (unpaired) electrons. The molecule has 3 aromatic carbocycles. The molecule has 0 fully saturated rings. The van der Waals surface area contributed by atoms with Gasteiger partial charge in [-0.05, 0) is 53.1 Å². The van der Waals surface area contributed by atoms with E-state index in [-0.39, 0.29) is 24.3 Å². The van der Waals surface area contributed by atoms with Gasteiger partial charge < -0.3 is 5.32 Å². The van der Waals surface area contributed by atoms with E-state index in [1.165, 1.54) is 12.1 Å². The van der Waals surface area contributed by atoms with E-state index in [0.29, 0.717) is 12.3 Å². The van der Waals surface area contributed by atoms with Crippen molar-refractivity contribution in [3.8, 4) is 6.07 Å². The van der Waals surface area contributed by atoms with E-state index in [0.717, 1.165) is 28.7 Å². The van der Waals surface area contributed by atoms with Crippen LogP contribution >= 0.6 is 0 Å². The third-order valence-corrected chi connectivity index (χ3v) is 5.50. The Morgan fingerprint density at radius 1 is 0.909 bits per heavy atom. The minimum absolute atomic E-state index is 0.0107. The first kappa shape index (κ1) is 24.2. The molecule has 3 aromatic rings. The predicted octanol–water partition coefficient (Wildman–Crippen LogP) is 5.15. The molecule has 33 heavy (non-hydrogen) atoms. The second-order valence-corrected chi connectivity index (χ2v) is 8.61. The summed E-state index contributed by atoms with van der Waals surface area (Å²) in [6, 6.07) is 26.2. The van der Waals surface area contributed by atoms with E-state index in [9.17, 15) is 9.18 Å². The number of hydrogen-bond acceptors (Lipinski definition) is 3. The lowest BCUT2D eigenvalue weighted by atomic mass is 9.94. The zero-order valence-corrected chi connectivity index (χ0v) is 19.1. The third-order valence-electron chi connectivity index (χ3n) is 5.50. The average Bonchev–Trinajstić information content (AvgIpc) is 2.82. The smallest absolute Gasteiger partial charge is 0.237 e. The number of carbonyl (C=O) groups is 1. The molecule has 1 unspecified atom stereocenters. The van der Waals surface area contributed by atoms with Crippen LogP contribution in [0.5, 0.6) is 0 Å². The summed E-state index contributed by atoms with van der Waals surface area (Å²) in [5.74, 6) is -0.0930. The minimum atomic E-state index is -0.428. The highest BCUT2D eigenvalue weighted by Gasteiger charge is 2.25. The van der Waals surface area contributed by atoms with Crippen molar-refractivity contribution in [1.82, 2.24) is 10.6 Å². The van der Waals surface area contributed by atoms with Gasteiger partial charge >= 0.3 is 0 Å². The normalized spacial score (nSPS) is 12.7. The molecule has 5 heteroatoms. The van der Waals surface area contributed by atoms with Crippen LogP contribution in [0.15, 0.2) is 78.9 Å². The number of halogens is 1. The van der Waals surface area contributed by atoms with Crippen molar-refractivity contribution in [2.75, 3.05) is 6.54 Å². The fourth-order valence-corrected chi connectivity index (χ4v) is 3.87. The molecule has 1 amide bonds. The van der Waals surface area contributed by atoms with Gasteiger partial charge in [0.2, 0.25) is 5.91 Å². The van der Waals surface area contributed by atoms with E-state index < -0.39 is 6.04 Å². The van der Waals surface area contributed by atoms with Crippen molar-refractivity contribution < 1.29 is 9.18 Å². The van der Waals surface area contributed by atoms with Gasteiger partial charge in [0.25, 0.3) is 0 Å². The maximum atomic E-state index is 13.2. The molecular weight excluding hydrogens is 413 g/mol. The van der Waals surface area contributed by atoms with Gasteiger partial charge in [-0.2, -0.15) is 5.26 Å². The molecule has 3 rings (SSSR count). The Labute approximate surface area is 195 Å². The van der Waals surface area contributed by atoms with Crippen molar-refractivity contribution in [2.45, 2.75) is 38.8 Å². The predicted molar refractivity (Wildman–Crippen MR) is 129 cm³/mol. The van der Waals surface area contributed by atoms with Gasteiger partial charge in [-0.3, -0.25) is 10.1 Å². The highest BCUT2D eigenvalue weighted by atomic mass is 19.1. The van der Waals surface area contributed by atoms with Gasteiger partial charge in [-0.1, -0.05) is 80.6 Å². The first-order valence-corrected chi connectivity index (χ1v) is 11.2. The molecule has 2 N–H and O–H groups in total. The summed E-state index contributed by atoms with van der Waals surface area (Å²) >= 11 is 0. The second kappa shape index (κ2) is 11.9. The number of nitriles is 1. The first-order valence-electron chi connectivity index (χ1n) is 11.2. The third kappa shape index (κ3) is 7.27. The van der Waals surface area contributed by atoms with Crippen molar-refractivity contribution in [2.24, 2.45) is 5.92 Å². The molecule has 0 spiro atoms. The summed E-state index contributed by atoms with van der Waals surface area (Å²) in [5.41, 5.74) is 4.28. The van der Waals surface area contributed by atoms with Gasteiger partial charge in [-0.15, -0.1) is 0 Å². The number of benzene rings is 3. The van der Waals surface area contributed by atoms with E-state index in [4.69, 9.17) is 5.26 Å². The summed E-state index contributed by atoms with van der Waals surface area (Å²) in [5, 5.41) is 15.1. The van der Waals surface area contributed by atoms with Gasteiger partial charge in [0.05, 0.1) is 18.2 Å². The summed E-state index contributed by atoms with van der Waals surface area (Å²) in [6.45, 7) is 4.14. The van der Waals surface area contributed by atoms with Crippen molar-refractivity contribution in [3.05, 3.63) is 107 Å². The Kier molecular flexibility index (Phi) is 8.74.